The summed E-state index contributed by atoms with van der Waals surface area (Å²) in [5.74, 6) is 1.40. The first-order valence-corrected chi connectivity index (χ1v) is 5.86. The molecule has 0 saturated heterocycles. The number of pyridine rings is 1. The summed E-state index contributed by atoms with van der Waals surface area (Å²) in [5, 5.41) is 12.0. The van der Waals surface area contributed by atoms with Gasteiger partial charge in [0.25, 0.3) is 0 Å². The third-order valence-electron chi connectivity index (χ3n) is 2.90. The van der Waals surface area contributed by atoms with Crippen LogP contribution in [0.2, 0.25) is 0 Å². The molecule has 0 fully saturated rings. The highest BCUT2D eigenvalue weighted by Gasteiger charge is 2.20. The molecule has 0 spiro atoms. The Kier molecular flexibility index (Phi) is 3.02. The van der Waals surface area contributed by atoms with Gasteiger partial charge < -0.3 is 14.7 Å². The fourth-order valence-electron chi connectivity index (χ4n) is 1.90. The first-order valence-electron chi connectivity index (χ1n) is 5.86. The first kappa shape index (κ1) is 11.5. The van der Waals surface area contributed by atoms with Gasteiger partial charge in [-0.3, -0.25) is 4.98 Å². The smallest absolute Gasteiger partial charge is 0.134 e. The molecule has 5 nitrogen and oxygen atoms in total. The molecule has 0 atom stereocenters. The van der Waals surface area contributed by atoms with E-state index in [0.717, 1.165) is 16.9 Å². The lowest BCUT2D eigenvalue weighted by Crippen LogP contribution is -2.01. The van der Waals surface area contributed by atoms with Crippen molar-refractivity contribution in [3.05, 3.63) is 53.9 Å². The number of rotatable bonds is 3. The molecule has 96 valence electrons. The highest BCUT2D eigenvalue weighted by Crippen LogP contribution is 2.30. The number of hydrogen-bond acceptors (Lipinski definition) is 5. The fourth-order valence-corrected chi connectivity index (χ4v) is 1.90. The van der Waals surface area contributed by atoms with Crippen molar-refractivity contribution in [2.24, 2.45) is 5.16 Å². The van der Waals surface area contributed by atoms with E-state index in [1.165, 1.54) is 0 Å². The van der Waals surface area contributed by atoms with Crippen molar-refractivity contribution in [1.29, 1.82) is 0 Å². The molecule has 5 heteroatoms. The van der Waals surface area contributed by atoms with Crippen molar-refractivity contribution in [3.63, 3.8) is 0 Å². The molecule has 1 aromatic heterocycles. The van der Waals surface area contributed by atoms with E-state index in [-0.39, 0.29) is 0 Å². The molecular formula is C14H12N2O3. The molecule has 0 radical (unpaired) electrons. The van der Waals surface area contributed by atoms with E-state index >= 15 is 0 Å². The number of nitrogens with zero attached hydrogens (tertiary/aromatic N) is 2. The lowest BCUT2D eigenvalue weighted by atomic mass is 10.1. The van der Waals surface area contributed by atoms with Crippen LogP contribution in [0.4, 0.5) is 0 Å². The molecule has 1 N–H and O–H groups in total. The van der Waals surface area contributed by atoms with Gasteiger partial charge in [-0.05, 0) is 29.8 Å². The van der Waals surface area contributed by atoms with Crippen LogP contribution in [0.25, 0.3) is 0 Å². The fraction of sp³-hybridized carbons (Fsp3) is 0.143. The van der Waals surface area contributed by atoms with Crippen molar-refractivity contribution < 1.29 is 14.7 Å². The van der Waals surface area contributed by atoms with Gasteiger partial charge in [-0.15, -0.1) is 0 Å². The molecule has 1 aromatic carbocycles. The van der Waals surface area contributed by atoms with Crippen LogP contribution in [0, 0.1) is 0 Å². The monoisotopic (exact) mass is 256 g/mol. The highest BCUT2D eigenvalue weighted by atomic mass is 16.5. The number of fused-ring (bicyclic) bond motifs is 1. The van der Waals surface area contributed by atoms with Crippen LogP contribution < -0.4 is 9.47 Å². The summed E-state index contributed by atoms with van der Waals surface area (Å²) in [4.78, 5) is 3.95. The molecule has 0 saturated carbocycles. The average molecular weight is 256 g/mol. The molecule has 1 aliphatic heterocycles. The molecular weight excluding hydrogens is 244 g/mol. The van der Waals surface area contributed by atoms with Gasteiger partial charge in [0.2, 0.25) is 0 Å². The molecule has 0 amide bonds. The van der Waals surface area contributed by atoms with Gasteiger partial charge >= 0.3 is 0 Å². The zero-order valence-electron chi connectivity index (χ0n) is 10.1. The predicted molar refractivity (Wildman–Crippen MR) is 68.8 cm³/mol. The maximum atomic E-state index is 8.80. The number of oxime groups is 1. The number of benzene rings is 1. The van der Waals surface area contributed by atoms with Crippen molar-refractivity contribution >= 4 is 5.71 Å². The Morgan fingerprint density at radius 2 is 2.11 bits per heavy atom. The number of ether oxygens (including phenoxy) is 2. The standard InChI is InChI=1S/C14H12N2O3/c17-16-13-9-19-14-7-11(1-2-12(13)14)18-8-10-3-5-15-6-4-10/h1-7,17H,8-9H2. The summed E-state index contributed by atoms with van der Waals surface area (Å²) < 4.78 is 11.1. The van der Waals surface area contributed by atoms with E-state index in [0.29, 0.717) is 24.7 Å². The van der Waals surface area contributed by atoms with E-state index in [1.807, 2.05) is 24.3 Å². The molecule has 1 aliphatic rings. The largest absolute Gasteiger partial charge is 0.489 e. The van der Waals surface area contributed by atoms with Crippen LogP contribution in [-0.2, 0) is 6.61 Å². The summed E-state index contributed by atoms with van der Waals surface area (Å²) in [5.41, 5.74) is 2.39. The van der Waals surface area contributed by atoms with Crippen molar-refractivity contribution in [3.8, 4) is 11.5 Å². The molecule has 0 bridgehead atoms. The van der Waals surface area contributed by atoms with Gasteiger partial charge in [-0.2, -0.15) is 0 Å². The Labute approximate surface area is 110 Å². The quantitative estimate of drug-likeness (QED) is 0.675. The van der Waals surface area contributed by atoms with Gasteiger partial charge in [0.05, 0.1) is 0 Å². The maximum Gasteiger partial charge on any atom is 0.134 e. The summed E-state index contributed by atoms with van der Waals surface area (Å²) in [6, 6.07) is 9.27. The predicted octanol–water partition coefficient (Wildman–Crippen LogP) is 2.23. The van der Waals surface area contributed by atoms with Crippen LogP contribution in [0.5, 0.6) is 11.5 Å². The number of aromatic nitrogens is 1. The van der Waals surface area contributed by atoms with Gasteiger partial charge in [-0.1, -0.05) is 5.16 Å². The Bertz CT molecular complexity index is 611. The molecule has 2 heterocycles. The zero-order chi connectivity index (χ0) is 13.1. The van der Waals surface area contributed by atoms with E-state index in [1.54, 1.807) is 18.5 Å². The second kappa shape index (κ2) is 4.97. The normalized spacial score (nSPS) is 15.1. The van der Waals surface area contributed by atoms with Gasteiger partial charge in [0, 0.05) is 24.0 Å². The minimum Gasteiger partial charge on any atom is -0.489 e. The summed E-state index contributed by atoms with van der Waals surface area (Å²) >= 11 is 0. The Morgan fingerprint density at radius 3 is 2.89 bits per heavy atom. The Balaban J connectivity index is 1.74. The minimum absolute atomic E-state index is 0.291. The lowest BCUT2D eigenvalue weighted by molar-refractivity contribution is 0.302. The van der Waals surface area contributed by atoms with E-state index in [2.05, 4.69) is 10.1 Å². The Morgan fingerprint density at radius 1 is 1.26 bits per heavy atom. The molecule has 3 rings (SSSR count). The lowest BCUT2D eigenvalue weighted by Gasteiger charge is -2.07. The third-order valence-corrected chi connectivity index (χ3v) is 2.90. The molecule has 0 aliphatic carbocycles. The van der Waals surface area contributed by atoms with Gasteiger partial charge in [0.15, 0.2) is 0 Å². The van der Waals surface area contributed by atoms with E-state index in [9.17, 15) is 0 Å². The summed E-state index contributed by atoms with van der Waals surface area (Å²) in [7, 11) is 0. The van der Waals surface area contributed by atoms with Crippen LogP contribution in [0.1, 0.15) is 11.1 Å². The van der Waals surface area contributed by atoms with Crippen LogP contribution in [-0.4, -0.2) is 22.5 Å². The minimum atomic E-state index is 0.291. The van der Waals surface area contributed by atoms with Gasteiger partial charge in [-0.25, -0.2) is 0 Å². The maximum absolute atomic E-state index is 8.80. The summed E-state index contributed by atoms with van der Waals surface area (Å²) in [6.45, 7) is 0.766. The van der Waals surface area contributed by atoms with Gasteiger partial charge in [0.1, 0.15) is 30.4 Å². The van der Waals surface area contributed by atoms with E-state index in [4.69, 9.17) is 14.7 Å². The SMILES string of the molecule is ON=C1COc2cc(OCc3ccncc3)ccc21. The van der Waals surface area contributed by atoms with Crippen molar-refractivity contribution in [2.75, 3.05) is 6.61 Å². The molecule has 2 aromatic rings. The second-order valence-electron chi connectivity index (χ2n) is 4.14. The molecule has 0 unspecified atom stereocenters. The topological polar surface area (TPSA) is 63.9 Å². The summed E-state index contributed by atoms with van der Waals surface area (Å²) in [6.07, 6.45) is 3.46. The molecule has 19 heavy (non-hydrogen) atoms. The highest BCUT2D eigenvalue weighted by molar-refractivity contribution is 6.05. The number of hydrogen-bond donors (Lipinski definition) is 1. The average Bonchev–Trinajstić information content (AvgIpc) is 2.88. The van der Waals surface area contributed by atoms with Crippen LogP contribution in [0.15, 0.2) is 47.9 Å². The van der Waals surface area contributed by atoms with Crippen molar-refractivity contribution in [1.82, 2.24) is 4.98 Å². The first-order chi connectivity index (χ1) is 9.36. The zero-order valence-corrected chi connectivity index (χ0v) is 10.1. The van der Waals surface area contributed by atoms with Crippen LogP contribution in [0.3, 0.4) is 0 Å². The van der Waals surface area contributed by atoms with E-state index < -0.39 is 0 Å². The third kappa shape index (κ3) is 2.35. The van der Waals surface area contributed by atoms with Crippen molar-refractivity contribution in [2.45, 2.75) is 6.61 Å². The second-order valence-corrected chi connectivity index (χ2v) is 4.14. The van der Waals surface area contributed by atoms with Crippen LogP contribution >= 0.6 is 0 Å². The Hall–Kier alpha value is -2.56.